The fourth-order valence-corrected chi connectivity index (χ4v) is 3.48. The Labute approximate surface area is 184 Å². The van der Waals surface area contributed by atoms with Crippen LogP contribution in [-0.2, 0) is 0 Å². The fraction of sp³-hybridized carbons (Fsp3) is 0.0385. The van der Waals surface area contributed by atoms with Crippen LogP contribution in [0.25, 0.3) is 21.8 Å². The maximum Gasteiger partial charge on any atom is 0.307 e. The van der Waals surface area contributed by atoms with Crippen LogP contribution in [0.4, 0.5) is 0 Å². The third-order valence-electron chi connectivity index (χ3n) is 5.09. The fourth-order valence-electron chi connectivity index (χ4n) is 3.48. The highest BCUT2D eigenvalue weighted by Gasteiger charge is 2.10. The van der Waals surface area contributed by atoms with Gasteiger partial charge in [-0.2, -0.15) is 5.10 Å². The highest BCUT2D eigenvalue weighted by Crippen LogP contribution is 2.29. The summed E-state index contributed by atoms with van der Waals surface area (Å²) in [4.78, 5) is 19.6. The lowest BCUT2D eigenvalue weighted by Gasteiger charge is -2.09. The van der Waals surface area contributed by atoms with E-state index in [9.17, 15) is 4.79 Å². The number of fused-ring (bicyclic) bond motifs is 2. The third kappa shape index (κ3) is 4.06. The summed E-state index contributed by atoms with van der Waals surface area (Å²) in [7, 11) is 0. The average Bonchev–Trinajstić information content (AvgIpc) is 3.24. The molecule has 6 heteroatoms. The van der Waals surface area contributed by atoms with Gasteiger partial charge < -0.3 is 9.72 Å². The summed E-state index contributed by atoms with van der Waals surface area (Å²) in [6.45, 7) is 1.99. The molecule has 1 amide bonds. The van der Waals surface area contributed by atoms with E-state index in [1.165, 1.54) is 0 Å². The first-order chi connectivity index (χ1) is 15.7. The number of nitrogens with one attached hydrogen (secondary N) is 2. The van der Waals surface area contributed by atoms with E-state index in [1.807, 2.05) is 79.7 Å². The van der Waals surface area contributed by atoms with Crippen LogP contribution in [0.2, 0.25) is 0 Å². The third-order valence-corrected chi connectivity index (χ3v) is 5.09. The molecule has 2 N–H and O–H groups in total. The first-order valence-corrected chi connectivity index (χ1v) is 10.2. The maximum absolute atomic E-state index is 12.3. The zero-order valence-electron chi connectivity index (χ0n) is 17.4. The lowest BCUT2D eigenvalue weighted by Crippen LogP contribution is -2.19. The van der Waals surface area contributed by atoms with E-state index in [-0.39, 0.29) is 5.82 Å². The van der Waals surface area contributed by atoms with Crippen molar-refractivity contribution in [2.24, 2.45) is 5.10 Å². The van der Waals surface area contributed by atoms with Crippen molar-refractivity contribution in [3.05, 3.63) is 102 Å². The molecule has 0 aliphatic carbocycles. The van der Waals surface area contributed by atoms with Gasteiger partial charge in [0.05, 0.1) is 17.2 Å². The molecule has 0 fully saturated rings. The zero-order chi connectivity index (χ0) is 21.9. The number of nitrogens with zero attached hydrogens (tertiary/aromatic N) is 2. The van der Waals surface area contributed by atoms with Gasteiger partial charge >= 0.3 is 5.91 Å². The number of rotatable bonds is 5. The Kier molecular flexibility index (Phi) is 5.09. The molecule has 0 radical (unpaired) electrons. The van der Waals surface area contributed by atoms with E-state index in [4.69, 9.17) is 4.74 Å². The normalized spacial score (nSPS) is 11.3. The van der Waals surface area contributed by atoms with Gasteiger partial charge in [-0.25, -0.2) is 10.4 Å². The Morgan fingerprint density at radius 2 is 1.81 bits per heavy atom. The van der Waals surface area contributed by atoms with Gasteiger partial charge in [-0.15, -0.1) is 0 Å². The van der Waals surface area contributed by atoms with Gasteiger partial charge in [-0.3, -0.25) is 4.79 Å². The molecule has 5 rings (SSSR count). The molecule has 0 saturated heterocycles. The minimum atomic E-state index is -0.397. The number of aryl methyl sites for hydroxylation is 1. The predicted molar refractivity (Wildman–Crippen MR) is 126 cm³/mol. The van der Waals surface area contributed by atoms with Crippen LogP contribution in [0.3, 0.4) is 0 Å². The Balaban J connectivity index is 1.24. The quantitative estimate of drug-likeness (QED) is 0.288. The van der Waals surface area contributed by atoms with Gasteiger partial charge in [0.15, 0.2) is 5.82 Å². The number of imidazole rings is 1. The van der Waals surface area contributed by atoms with Crippen molar-refractivity contribution in [3.63, 3.8) is 0 Å². The molecule has 0 bridgehead atoms. The molecule has 0 saturated carbocycles. The lowest BCUT2D eigenvalue weighted by molar-refractivity contribution is 0.0946. The largest absolute Gasteiger partial charge is 0.457 e. The molecule has 0 atom stereocenters. The summed E-state index contributed by atoms with van der Waals surface area (Å²) >= 11 is 0. The average molecular weight is 420 g/mol. The van der Waals surface area contributed by atoms with Gasteiger partial charge in [0.2, 0.25) is 0 Å². The maximum atomic E-state index is 12.3. The number of aromatic nitrogens is 2. The molecular formula is C26H20N4O2. The molecule has 0 unspecified atom stereocenters. The van der Waals surface area contributed by atoms with Crippen LogP contribution < -0.4 is 10.2 Å². The van der Waals surface area contributed by atoms with E-state index >= 15 is 0 Å². The Hall–Kier alpha value is -4.45. The van der Waals surface area contributed by atoms with Gasteiger partial charge in [-0.1, -0.05) is 42.5 Å². The van der Waals surface area contributed by atoms with Crippen molar-refractivity contribution >= 4 is 33.9 Å². The first-order valence-electron chi connectivity index (χ1n) is 10.2. The monoisotopic (exact) mass is 420 g/mol. The van der Waals surface area contributed by atoms with E-state index in [1.54, 1.807) is 6.21 Å². The molecule has 1 aromatic heterocycles. The van der Waals surface area contributed by atoms with Gasteiger partial charge in [0.25, 0.3) is 0 Å². The zero-order valence-corrected chi connectivity index (χ0v) is 17.4. The van der Waals surface area contributed by atoms with Crippen LogP contribution in [0.1, 0.15) is 21.7 Å². The summed E-state index contributed by atoms with van der Waals surface area (Å²) in [6.07, 6.45) is 1.58. The summed E-state index contributed by atoms with van der Waals surface area (Å²) in [5.74, 6) is 1.35. The van der Waals surface area contributed by atoms with Crippen molar-refractivity contribution in [1.29, 1.82) is 0 Å². The van der Waals surface area contributed by atoms with E-state index in [0.29, 0.717) is 0 Å². The number of H-pyrrole nitrogens is 1. The molecule has 6 nitrogen and oxygen atoms in total. The summed E-state index contributed by atoms with van der Waals surface area (Å²) in [5, 5.41) is 6.22. The van der Waals surface area contributed by atoms with Crippen molar-refractivity contribution in [1.82, 2.24) is 15.4 Å². The van der Waals surface area contributed by atoms with Crippen molar-refractivity contribution < 1.29 is 9.53 Å². The minimum Gasteiger partial charge on any atom is -0.457 e. The number of carbonyl (C=O) groups excluding carboxylic acids is 1. The SMILES string of the molecule is Cc1ccc2nc(C(=O)N/N=C/c3ccc(Oc4cccc5ccccc45)cc3)[nH]c2c1. The smallest absolute Gasteiger partial charge is 0.307 e. The Bertz CT molecular complexity index is 1450. The summed E-state index contributed by atoms with van der Waals surface area (Å²) < 4.78 is 6.06. The molecule has 4 aromatic carbocycles. The second-order valence-electron chi connectivity index (χ2n) is 7.45. The van der Waals surface area contributed by atoms with Crippen molar-refractivity contribution in [3.8, 4) is 11.5 Å². The first kappa shape index (κ1) is 19.5. The highest BCUT2D eigenvalue weighted by atomic mass is 16.5. The summed E-state index contributed by atoms with van der Waals surface area (Å²) in [5.41, 5.74) is 5.99. The second kappa shape index (κ2) is 8.35. The van der Waals surface area contributed by atoms with Crippen LogP contribution in [0.5, 0.6) is 11.5 Å². The number of aromatic amines is 1. The number of amides is 1. The van der Waals surface area contributed by atoms with Crippen LogP contribution >= 0.6 is 0 Å². The van der Waals surface area contributed by atoms with Gasteiger partial charge in [-0.05, 0) is 65.9 Å². The number of carbonyl (C=O) groups is 1. The predicted octanol–water partition coefficient (Wildman–Crippen LogP) is 5.58. The highest BCUT2D eigenvalue weighted by molar-refractivity contribution is 5.95. The number of benzene rings is 4. The number of ether oxygens (including phenoxy) is 1. The second-order valence-corrected chi connectivity index (χ2v) is 7.45. The number of hydrogen-bond acceptors (Lipinski definition) is 4. The van der Waals surface area contributed by atoms with Gasteiger partial charge in [0, 0.05) is 5.39 Å². The van der Waals surface area contributed by atoms with E-state index < -0.39 is 5.91 Å². The lowest BCUT2D eigenvalue weighted by atomic mass is 10.1. The minimum absolute atomic E-state index is 0.224. The standard InChI is InChI=1S/C26H20N4O2/c1-17-9-14-22-23(15-17)29-25(28-22)26(31)30-27-16-18-10-12-20(13-11-18)32-24-8-4-6-19-5-2-3-7-21(19)24/h2-16H,1H3,(H,28,29)(H,30,31)/b27-16+. The van der Waals surface area contributed by atoms with Gasteiger partial charge in [0.1, 0.15) is 11.5 Å². The molecule has 5 aromatic rings. The van der Waals surface area contributed by atoms with Crippen LogP contribution in [-0.4, -0.2) is 22.1 Å². The number of hydrazone groups is 1. The number of hydrogen-bond donors (Lipinski definition) is 2. The van der Waals surface area contributed by atoms with E-state index in [0.717, 1.165) is 44.4 Å². The molecule has 1 heterocycles. The van der Waals surface area contributed by atoms with Crippen molar-refractivity contribution in [2.45, 2.75) is 6.92 Å². The van der Waals surface area contributed by atoms with Crippen LogP contribution in [0, 0.1) is 6.92 Å². The molecule has 32 heavy (non-hydrogen) atoms. The van der Waals surface area contributed by atoms with Crippen LogP contribution in [0.15, 0.2) is 90.0 Å². The molecule has 0 aliphatic rings. The molecular weight excluding hydrogens is 400 g/mol. The Morgan fingerprint density at radius 1 is 1.00 bits per heavy atom. The molecule has 0 aliphatic heterocycles. The Morgan fingerprint density at radius 3 is 2.69 bits per heavy atom. The molecule has 0 spiro atoms. The van der Waals surface area contributed by atoms with E-state index in [2.05, 4.69) is 32.6 Å². The summed E-state index contributed by atoms with van der Waals surface area (Å²) in [6, 6.07) is 27.4. The molecule has 156 valence electrons. The van der Waals surface area contributed by atoms with Crippen molar-refractivity contribution in [2.75, 3.05) is 0 Å². The topological polar surface area (TPSA) is 79.4 Å².